The largest absolute Gasteiger partial charge is 0.444 e. The minimum atomic E-state index is -0.457. The highest BCUT2D eigenvalue weighted by Crippen LogP contribution is 2.25. The van der Waals surface area contributed by atoms with Gasteiger partial charge in [-0.25, -0.2) is 4.79 Å². The Morgan fingerprint density at radius 3 is 2.28 bits per heavy atom. The van der Waals surface area contributed by atoms with Crippen molar-refractivity contribution < 1.29 is 9.53 Å². The Morgan fingerprint density at radius 2 is 1.78 bits per heavy atom. The van der Waals surface area contributed by atoms with Crippen molar-refractivity contribution in [2.24, 2.45) is 0 Å². The lowest BCUT2D eigenvalue weighted by atomic mass is 10.1. The zero-order chi connectivity index (χ0) is 13.2. The van der Waals surface area contributed by atoms with E-state index in [1.54, 1.807) is 6.20 Å². The molecule has 0 aliphatic heterocycles. The second kappa shape index (κ2) is 4.84. The Morgan fingerprint density at radius 1 is 1.22 bits per heavy atom. The normalized spacial score (nSPS) is 14.1. The lowest BCUT2D eigenvalue weighted by Crippen LogP contribution is -2.29. The van der Waals surface area contributed by atoms with E-state index in [0.717, 1.165) is 12.8 Å². The highest BCUT2D eigenvalue weighted by atomic mass is 16.6. The maximum Gasteiger partial charge on any atom is 0.411 e. The number of carbonyl (C=O) groups is 1. The third-order valence-electron chi connectivity index (χ3n) is 2.75. The summed E-state index contributed by atoms with van der Waals surface area (Å²) in [7, 11) is 0. The first-order valence-corrected chi connectivity index (χ1v) is 6.18. The standard InChI is InChI=1S/C15H19NO2/c1-15(2,3)18-14(17)16-10-11-8-12-6-4-5-7-13(12)9-11/h4-7,10H,8-9H2,1-3H3,(H,16,17). The number of alkyl carbamates (subject to hydrolysis) is 1. The monoisotopic (exact) mass is 245 g/mol. The van der Waals surface area contributed by atoms with Gasteiger partial charge in [0.15, 0.2) is 0 Å². The van der Waals surface area contributed by atoms with Crippen molar-refractivity contribution in [2.45, 2.75) is 39.2 Å². The number of fused-ring (bicyclic) bond motifs is 1. The van der Waals surface area contributed by atoms with E-state index in [1.165, 1.54) is 16.7 Å². The van der Waals surface area contributed by atoms with Gasteiger partial charge >= 0.3 is 6.09 Å². The van der Waals surface area contributed by atoms with Crippen LogP contribution in [-0.4, -0.2) is 11.7 Å². The topological polar surface area (TPSA) is 38.3 Å². The molecule has 0 bridgehead atoms. The molecule has 3 nitrogen and oxygen atoms in total. The molecule has 1 amide bonds. The van der Waals surface area contributed by atoms with Crippen molar-refractivity contribution in [3.05, 3.63) is 47.2 Å². The predicted molar refractivity (Wildman–Crippen MR) is 71.3 cm³/mol. The van der Waals surface area contributed by atoms with Crippen LogP contribution in [0, 0.1) is 0 Å². The average molecular weight is 245 g/mol. The van der Waals surface area contributed by atoms with Crippen molar-refractivity contribution in [2.75, 3.05) is 0 Å². The van der Waals surface area contributed by atoms with Crippen molar-refractivity contribution in [3.63, 3.8) is 0 Å². The summed E-state index contributed by atoms with van der Waals surface area (Å²) < 4.78 is 5.18. The van der Waals surface area contributed by atoms with E-state index in [1.807, 2.05) is 32.9 Å². The van der Waals surface area contributed by atoms with Crippen LogP contribution in [0.2, 0.25) is 0 Å². The molecule has 96 valence electrons. The van der Waals surface area contributed by atoms with Gasteiger partial charge in [0, 0.05) is 6.20 Å². The summed E-state index contributed by atoms with van der Waals surface area (Å²) >= 11 is 0. The fraction of sp³-hybridized carbons (Fsp3) is 0.400. The van der Waals surface area contributed by atoms with Crippen LogP contribution in [0.15, 0.2) is 36.0 Å². The van der Waals surface area contributed by atoms with Crippen molar-refractivity contribution >= 4 is 6.09 Å². The lowest BCUT2D eigenvalue weighted by molar-refractivity contribution is 0.0552. The molecule has 0 heterocycles. The Balaban J connectivity index is 1.92. The van der Waals surface area contributed by atoms with Crippen molar-refractivity contribution in [1.82, 2.24) is 5.32 Å². The Labute approximate surface area is 108 Å². The molecule has 0 saturated heterocycles. The zero-order valence-electron chi connectivity index (χ0n) is 11.1. The second-order valence-electron chi connectivity index (χ2n) is 5.57. The van der Waals surface area contributed by atoms with Gasteiger partial charge in [-0.3, -0.25) is 5.32 Å². The summed E-state index contributed by atoms with van der Waals surface area (Å²) in [6.45, 7) is 5.56. The van der Waals surface area contributed by atoms with Crippen LogP contribution in [0.4, 0.5) is 4.79 Å². The van der Waals surface area contributed by atoms with Gasteiger partial charge in [-0.2, -0.15) is 0 Å². The van der Waals surface area contributed by atoms with Crippen LogP contribution in [0.1, 0.15) is 31.9 Å². The molecule has 2 rings (SSSR count). The molecule has 0 aromatic heterocycles. The first-order chi connectivity index (χ1) is 8.44. The number of ether oxygens (including phenoxy) is 1. The van der Waals surface area contributed by atoms with E-state index in [0.29, 0.717) is 0 Å². The molecule has 18 heavy (non-hydrogen) atoms. The van der Waals surface area contributed by atoms with Gasteiger partial charge < -0.3 is 4.74 Å². The first-order valence-electron chi connectivity index (χ1n) is 6.18. The van der Waals surface area contributed by atoms with Gasteiger partial charge in [0.25, 0.3) is 0 Å². The minimum absolute atomic E-state index is 0.397. The van der Waals surface area contributed by atoms with Gasteiger partial charge in [0.1, 0.15) is 5.60 Å². The molecular formula is C15H19NO2. The van der Waals surface area contributed by atoms with Crippen LogP contribution < -0.4 is 5.32 Å². The third-order valence-corrected chi connectivity index (χ3v) is 2.75. The fourth-order valence-corrected chi connectivity index (χ4v) is 2.02. The third kappa shape index (κ3) is 3.36. The minimum Gasteiger partial charge on any atom is -0.444 e. The summed E-state index contributed by atoms with van der Waals surface area (Å²) in [4.78, 5) is 11.5. The number of benzene rings is 1. The molecule has 1 aromatic carbocycles. The van der Waals surface area contributed by atoms with Crippen LogP contribution in [0.5, 0.6) is 0 Å². The Hall–Kier alpha value is -1.77. The zero-order valence-corrected chi connectivity index (χ0v) is 11.1. The van der Waals surface area contributed by atoms with Gasteiger partial charge in [-0.15, -0.1) is 0 Å². The SMILES string of the molecule is CC(C)(C)OC(=O)NC=C1Cc2ccccc2C1. The van der Waals surface area contributed by atoms with Crippen LogP contribution >= 0.6 is 0 Å². The number of hydrogen-bond donors (Lipinski definition) is 1. The van der Waals surface area contributed by atoms with Crippen molar-refractivity contribution in [1.29, 1.82) is 0 Å². The predicted octanol–water partition coefficient (Wildman–Crippen LogP) is 3.19. The maximum absolute atomic E-state index is 11.5. The smallest absolute Gasteiger partial charge is 0.411 e. The molecule has 0 unspecified atom stereocenters. The maximum atomic E-state index is 11.5. The summed E-state index contributed by atoms with van der Waals surface area (Å²) in [5.74, 6) is 0. The second-order valence-corrected chi connectivity index (χ2v) is 5.57. The van der Waals surface area contributed by atoms with Gasteiger partial charge in [-0.1, -0.05) is 24.3 Å². The molecule has 0 spiro atoms. The number of carbonyl (C=O) groups excluding carboxylic acids is 1. The van der Waals surface area contributed by atoms with Crippen molar-refractivity contribution in [3.8, 4) is 0 Å². The molecule has 1 aliphatic rings. The van der Waals surface area contributed by atoms with E-state index in [9.17, 15) is 4.79 Å². The molecule has 0 fully saturated rings. The number of hydrogen-bond acceptors (Lipinski definition) is 2. The molecule has 1 aromatic rings. The highest BCUT2D eigenvalue weighted by molar-refractivity contribution is 5.69. The highest BCUT2D eigenvalue weighted by Gasteiger charge is 2.17. The van der Waals surface area contributed by atoms with Gasteiger partial charge in [-0.05, 0) is 50.3 Å². The van der Waals surface area contributed by atoms with Crippen LogP contribution in [-0.2, 0) is 17.6 Å². The van der Waals surface area contributed by atoms with E-state index in [-0.39, 0.29) is 0 Å². The number of allylic oxidation sites excluding steroid dienone is 1. The molecule has 0 radical (unpaired) electrons. The van der Waals surface area contributed by atoms with E-state index < -0.39 is 11.7 Å². The van der Waals surface area contributed by atoms with Gasteiger partial charge in [0.05, 0.1) is 0 Å². The molecule has 1 N–H and O–H groups in total. The Bertz CT molecular complexity index is 457. The summed E-state index contributed by atoms with van der Waals surface area (Å²) in [6.07, 6.45) is 3.19. The summed E-state index contributed by atoms with van der Waals surface area (Å²) in [5.41, 5.74) is 3.44. The number of rotatable bonds is 1. The number of amides is 1. The van der Waals surface area contributed by atoms with Crippen LogP contribution in [0.3, 0.4) is 0 Å². The van der Waals surface area contributed by atoms with Gasteiger partial charge in [0.2, 0.25) is 0 Å². The first kappa shape index (κ1) is 12.7. The fourth-order valence-electron chi connectivity index (χ4n) is 2.02. The summed E-state index contributed by atoms with van der Waals surface area (Å²) in [5, 5.41) is 2.69. The average Bonchev–Trinajstić information content (AvgIpc) is 2.66. The molecule has 3 heteroatoms. The Kier molecular flexibility index (Phi) is 3.41. The van der Waals surface area contributed by atoms with E-state index in [4.69, 9.17) is 4.74 Å². The van der Waals surface area contributed by atoms with E-state index >= 15 is 0 Å². The van der Waals surface area contributed by atoms with Crippen LogP contribution in [0.25, 0.3) is 0 Å². The summed E-state index contributed by atoms with van der Waals surface area (Å²) in [6, 6.07) is 8.35. The molecule has 0 atom stereocenters. The quantitative estimate of drug-likeness (QED) is 0.825. The van der Waals surface area contributed by atoms with E-state index in [2.05, 4.69) is 17.4 Å². The molecular weight excluding hydrogens is 226 g/mol. The molecule has 1 aliphatic carbocycles. The number of nitrogens with one attached hydrogen (secondary N) is 1. The lowest BCUT2D eigenvalue weighted by Gasteiger charge is -2.18. The molecule has 0 saturated carbocycles.